The summed E-state index contributed by atoms with van der Waals surface area (Å²) in [5.74, 6) is 0.645. The highest BCUT2D eigenvalue weighted by Gasteiger charge is 2.35. The first-order valence-electron chi connectivity index (χ1n) is 7.22. The number of rotatable bonds is 3. The van der Waals surface area contributed by atoms with E-state index in [1.54, 1.807) is 17.2 Å². The van der Waals surface area contributed by atoms with E-state index >= 15 is 0 Å². The molecule has 1 saturated heterocycles. The van der Waals surface area contributed by atoms with Gasteiger partial charge in [0, 0.05) is 28.0 Å². The molecule has 2 amide bonds. The summed E-state index contributed by atoms with van der Waals surface area (Å²) < 4.78 is 2.07. The highest BCUT2D eigenvalue weighted by molar-refractivity contribution is 9.10. The first kappa shape index (κ1) is 18.1. The molecule has 1 aliphatic heterocycles. The van der Waals surface area contributed by atoms with Crippen LogP contribution in [-0.2, 0) is 16.1 Å². The summed E-state index contributed by atoms with van der Waals surface area (Å²) in [6.07, 6.45) is 1.58. The van der Waals surface area contributed by atoms with Gasteiger partial charge in [-0.1, -0.05) is 0 Å². The zero-order valence-electron chi connectivity index (χ0n) is 13.3. The third-order valence-corrected chi connectivity index (χ3v) is 4.74. The smallest absolute Gasteiger partial charge is 0.251 e. The van der Waals surface area contributed by atoms with Gasteiger partial charge in [-0.05, 0) is 42.8 Å². The monoisotopic (exact) mass is 401 g/mol. The number of thioether (sulfide) groups is 1. The number of pyridine rings is 1. The number of carbonyl (C=O) groups is 2. The molecule has 0 bridgehead atoms. The lowest BCUT2D eigenvalue weighted by Gasteiger charge is -2.27. The Morgan fingerprint density at radius 1 is 1.39 bits per heavy atom. The Morgan fingerprint density at radius 3 is 2.74 bits per heavy atom. The molecule has 0 aliphatic carbocycles. The minimum absolute atomic E-state index is 0.0713. The fraction of sp³-hybridized carbons (Fsp3) is 0.533. The van der Waals surface area contributed by atoms with Gasteiger partial charge in [0.25, 0.3) is 5.56 Å². The van der Waals surface area contributed by atoms with Gasteiger partial charge in [0.15, 0.2) is 0 Å². The molecule has 1 atom stereocenters. The van der Waals surface area contributed by atoms with Crippen molar-refractivity contribution in [2.45, 2.75) is 38.9 Å². The van der Waals surface area contributed by atoms with Gasteiger partial charge < -0.3 is 14.8 Å². The van der Waals surface area contributed by atoms with Crippen molar-refractivity contribution in [2.24, 2.45) is 0 Å². The predicted octanol–water partition coefficient (Wildman–Crippen LogP) is 1.43. The summed E-state index contributed by atoms with van der Waals surface area (Å²) in [6, 6.07) is 2.55. The van der Waals surface area contributed by atoms with Crippen molar-refractivity contribution in [3.8, 4) is 0 Å². The van der Waals surface area contributed by atoms with E-state index in [0.29, 0.717) is 11.6 Å². The molecule has 1 fully saturated rings. The van der Waals surface area contributed by atoms with Crippen LogP contribution in [0.1, 0.15) is 20.8 Å². The van der Waals surface area contributed by atoms with Gasteiger partial charge in [0.1, 0.15) is 12.6 Å². The highest BCUT2D eigenvalue weighted by atomic mass is 79.9. The summed E-state index contributed by atoms with van der Waals surface area (Å²) in [5, 5.41) is 2.91. The molecule has 6 nitrogen and oxygen atoms in total. The molecule has 1 unspecified atom stereocenters. The summed E-state index contributed by atoms with van der Waals surface area (Å²) in [5.41, 5.74) is -0.593. The quantitative estimate of drug-likeness (QED) is 0.831. The van der Waals surface area contributed by atoms with E-state index in [2.05, 4.69) is 21.2 Å². The Labute approximate surface area is 147 Å². The third-order valence-electron chi connectivity index (χ3n) is 3.26. The molecule has 0 spiro atoms. The van der Waals surface area contributed by atoms with Crippen molar-refractivity contribution in [1.82, 2.24) is 14.8 Å². The lowest BCUT2D eigenvalue weighted by molar-refractivity contribution is -0.139. The van der Waals surface area contributed by atoms with Gasteiger partial charge in [0.2, 0.25) is 11.8 Å². The zero-order chi connectivity index (χ0) is 17.2. The molecule has 1 N–H and O–H groups in total. The largest absolute Gasteiger partial charge is 0.350 e. The Kier molecular flexibility index (Phi) is 5.57. The van der Waals surface area contributed by atoms with Crippen molar-refractivity contribution in [3.05, 3.63) is 33.2 Å². The molecular weight excluding hydrogens is 382 g/mol. The van der Waals surface area contributed by atoms with E-state index < -0.39 is 6.04 Å². The van der Waals surface area contributed by atoms with E-state index in [4.69, 9.17) is 0 Å². The average molecular weight is 402 g/mol. The second-order valence-corrected chi connectivity index (χ2v) is 8.35. The molecule has 23 heavy (non-hydrogen) atoms. The van der Waals surface area contributed by atoms with E-state index in [0.717, 1.165) is 4.47 Å². The first-order valence-corrected chi connectivity index (χ1v) is 9.17. The van der Waals surface area contributed by atoms with Crippen LogP contribution in [0.3, 0.4) is 0 Å². The van der Waals surface area contributed by atoms with Crippen LogP contribution in [0.2, 0.25) is 0 Å². The number of hydrogen-bond acceptors (Lipinski definition) is 4. The van der Waals surface area contributed by atoms with Gasteiger partial charge in [-0.15, -0.1) is 11.8 Å². The minimum atomic E-state index is -0.491. The maximum atomic E-state index is 12.5. The van der Waals surface area contributed by atoms with Crippen LogP contribution in [0, 0.1) is 0 Å². The van der Waals surface area contributed by atoms with Crippen molar-refractivity contribution >= 4 is 39.5 Å². The van der Waals surface area contributed by atoms with Gasteiger partial charge in [-0.2, -0.15) is 0 Å². The van der Waals surface area contributed by atoms with Crippen molar-refractivity contribution in [2.75, 3.05) is 11.6 Å². The Morgan fingerprint density at radius 2 is 2.09 bits per heavy atom. The van der Waals surface area contributed by atoms with Crippen molar-refractivity contribution in [1.29, 1.82) is 0 Å². The molecule has 0 aromatic carbocycles. The molecular formula is C15H20BrN3O3S. The summed E-state index contributed by atoms with van der Waals surface area (Å²) >= 11 is 4.82. The summed E-state index contributed by atoms with van der Waals surface area (Å²) in [4.78, 5) is 38.2. The maximum absolute atomic E-state index is 12.5. The fourth-order valence-electron chi connectivity index (χ4n) is 2.22. The van der Waals surface area contributed by atoms with Gasteiger partial charge in [0.05, 0.1) is 5.88 Å². The van der Waals surface area contributed by atoms with E-state index in [1.807, 2.05) is 20.8 Å². The molecule has 2 heterocycles. The van der Waals surface area contributed by atoms with E-state index in [9.17, 15) is 14.4 Å². The normalized spacial score (nSPS) is 18.1. The Hall–Kier alpha value is -1.28. The average Bonchev–Trinajstić information content (AvgIpc) is 2.90. The van der Waals surface area contributed by atoms with Crippen LogP contribution in [0.5, 0.6) is 0 Å². The zero-order valence-corrected chi connectivity index (χ0v) is 15.7. The standard InChI is InChI=1S/C15H20BrN3O3S/c1-15(2,3)17-14(22)11-8-23-9-19(11)13(21)7-18-6-10(16)4-5-12(18)20/h4-6,11H,7-9H2,1-3H3,(H,17,22). The predicted molar refractivity (Wildman–Crippen MR) is 94.3 cm³/mol. The van der Waals surface area contributed by atoms with Crippen LogP contribution in [-0.4, -0.2) is 44.5 Å². The van der Waals surface area contributed by atoms with Crippen molar-refractivity contribution < 1.29 is 9.59 Å². The number of aromatic nitrogens is 1. The fourth-order valence-corrected chi connectivity index (χ4v) is 3.78. The molecule has 1 aromatic heterocycles. The van der Waals surface area contributed by atoms with E-state index in [-0.39, 0.29) is 29.5 Å². The van der Waals surface area contributed by atoms with Crippen LogP contribution < -0.4 is 10.9 Å². The first-order chi connectivity index (χ1) is 10.7. The topological polar surface area (TPSA) is 71.4 Å². The molecule has 1 aromatic rings. The van der Waals surface area contributed by atoms with E-state index in [1.165, 1.54) is 22.4 Å². The molecule has 0 saturated carbocycles. The SMILES string of the molecule is CC(C)(C)NC(=O)C1CSCN1C(=O)Cn1cc(Br)ccc1=O. The summed E-state index contributed by atoms with van der Waals surface area (Å²) in [6.45, 7) is 5.64. The molecule has 8 heteroatoms. The number of halogens is 1. The molecule has 1 aliphatic rings. The summed E-state index contributed by atoms with van der Waals surface area (Å²) in [7, 11) is 0. The maximum Gasteiger partial charge on any atom is 0.251 e. The number of hydrogen-bond donors (Lipinski definition) is 1. The van der Waals surface area contributed by atoms with Gasteiger partial charge in [-0.3, -0.25) is 14.4 Å². The minimum Gasteiger partial charge on any atom is -0.350 e. The van der Waals surface area contributed by atoms with Crippen LogP contribution in [0.25, 0.3) is 0 Å². The number of carbonyl (C=O) groups excluding carboxylic acids is 2. The highest BCUT2D eigenvalue weighted by Crippen LogP contribution is 2.22. The van der Waals surface area contributed by atoms with Crippen molar-refractivity contribution in [3.63, 3.8) is 0 Å². The number of nitrogens with zero attached hydrogens (tertiary/aromatic N) is 2. The van der Waals surface area contributed by atoms with Crippen LogP contribution >= 0.6 is 27.7 Å². The number of nitrogens with one attached hydrogen (secondary N) is 1. The second-order valence-electron chi connectivity index (χ2n) is 6.43. The molecule has 126 valence electrons. The Balaban J connectivity index is 2.10. The lowest BCUT2D eigenvalue weighted by Crippen LogP contribution is -2.53. The second kappa shape index (κ2) is 7.09. The number of amides is 2. The van der Waals surface area contributed by atoms with Gasteiger partial charge >= 0.3 is 0 Å². The van der Waals surface area contributed by atoms with Crippen LogP contribution in [0.15, 0.2) is 27.6 Å². The molecule has 2 rings (SSSR count). The van der Waals surface area contributed by atoms with Crippen LogP contribution in [0.4, 0.5) is 0 Å². The lowest BCUT2D eigenvalue weighted by atomic mass is 10.1. The Bertz CT molecular complexity index is 669. The third kappa shape index (κ3) is 4.84. The molecule has 0 radical (unpaired) electrons. The van der Waals surface area contributed by atoms with Gasteiger partial charge in [-0.25, -0.2) is 0 Å².